The second-order valence-electron chi connectivity index (χ2n) is 5.98. The smallest absolute Gasteiger partial charge is 0.230 e. The first kappa shape index (κ1) is 17.2. The Morgan fingerprint density at radius 3 is 2.48 bits per heavy atom. The molecule has 25 heavy (non-hydrogen) atoms. The van der Waals surface area contributed by atoms with Gasteiger partial charge < -0.3 is 5.32 Å². The molecule has 5 nitrogen and oxygen atoms in total. The van der Waals surface area contributed by atoms with Crippen molar-refractivity contribution < 1.29 is 4.79 Å². The minimum atomic E-state index is -0.113. The zero-order valence-electron chi connectivity index (χ0n) is 14.4. The Bertz CT molecular complexity index is 898. The summed E-state index contributed by atoms with van der Waals surface area (Å²) in [5, 5.41) is 8.06. The first-order valence-electron chi connectivity index (χ1n) is 7.97. The summed E-state index contributed by atoms with van der Waals surface area (Å²) >= 11 is 5.94. The number of amides is 1. The highest BCUT2D eigenvalue weighted by atomic mass is 35.5. The second-order valence-corrected chi connectivity index (χ2v) is 6.42. The van der Waals surface area contributed by atoms with E-state index in [0.717, 1.165) is 28.2 Å². The van der Waals surface area contributed by atoms with Crippen LogP contribution in [0.3, 0.4) is 0 Å². The number of halogens is 1. The van der Waals surface area contributed by atoms with Crippen molar-refractivity contribution in [3.8, 4) is 5.69 Å². The quantitative estimate of drug-likeness (QED) is 0.769. The molecule has 3 aromatic rings. The Balaban J connectivity index is 1.79. The molecule has 0 spiro atoms. The van der Waals surface area contributed by atoms with Crippen LogP contribution >= 0.6 is 11.6 Å². The zero-order valence-corrected chi connectivity index (χ0v) is 15.1. The van der Waals surface area contributed by atoms with Gasteiger partial charge in [-0.15, -0.1) is 0 Å². The van der Waals surface area contributed by atoms with E-state index < -0.39 is 0 Å². The molecule has 6 heteroatoms. The monoisotopic (exact) mass is 354 g/mol. The minimum Gasteiger partial charge on any atom is -0.310 e. The molecular formula is C19H19ClN4O. The number of hydrogen-bond donors (Lipinski definition) is 1. The lowest BCUT2D eigenvalue weighted by Crippen LogP contribution is -2.16. The van der Waals surface area contributed by atoms with E-state index in [9.17, 15) is 4.79 Å². The van der Waals surface area contributed by atoms with Gasteiger partial charge in [0.05, 0.1) is 17.8 Å². The minimum absolute atomic E-state index is 0.113. The van der Waals surface area contributed by atoms with Crippen LogP contribution in [0.4, 0.5) is 5.82 Å². The van der Waals surface area contributed by atoms with Crippen LogP contribution in [0.5, 0.6) is 0 Å². The summed E-state index contributed by atoms with van der Waals surface area (Å²) in [7, 11) is 0. The molecule has 1 N–H and O–H groups in total. The van der Waals surface area contributed by atoms with Crippen molar-refractivity contribution in [1.29, 1.82) is 0 Å². The molecule has 0 bridgehead atoms. The van der Waals surface area contributed by atoms with Gasteiger partial charge in [0.15, 0.2) is 0 Å². The van der Waals surface area contributed by atoms with Gasteiger partial charge in [0.2, 0.25) is 5.91 Å². The van der Waals surface area contributed by atoms with E-state index >= 15 is 0 Å². The van der Waals surface area contributed by atoms with Crippen LogP contribution in [0.2, 0.25) is 5.02 Å². The zero-order chi connectivity index (χ0) is 18.0. The third-order valence-corrected chi connectivity index (χ3v) is 4.28. The highest BCUT2D eigenvalue weighted by Crippen LogP contribution is 2.20. The maximum absolute atomic E-state index is 12.4. The lowest BCUT2D eigenvalue weighted by molar-refractivity contribution is -0.115. The van der Waals surface area contributed by atoms with Crippen molar-refractivity contribution in [1.82, 2.24) is 14.8 Å². The number of hydrogen-bond acceptors (Lipinski definition) is 3. The number of pyridine rings is 1. The third-order valence-electron chi connectivity index (χ3n) is 4.03. The highest BCUT2D eigenvalue weighted by molar-refractivity contribution is 6.30. The van der Waals surface area contributed by atoms with E-state index in [0.29, 0.717) is 10.8 Å². The van der Waals surface area contributed by atoms with E-state index in [-0.39, 0.29) is 12.3 Å². The molecule has 2 heterocycles. The van der Waals surface area contributed by atoms with Gasteiger partial charge in [0.25, 0.3) is 0 Å². The Labute approximate surface area is 151 Å². The average Bonchev–Trinajstić information content (AvgIpc) is 2.86. The van der Waals surface area contributed by atoms with Crippen LogP contribution in [0.25, 0.3) is 5.69 Å². The van der Waals surface area contributed by atoms with E-state index in [2.05, 4.69) is 15.4 Å². The molecule has 2 aromatic heterocycles. The summed E-state index contributed by atoms with van der Waals surface area (Å²) in [5.41, 5.74) is 4.65. The van der Waals surface area contributed by atoms with Crippen LogP contribution < -0.4 is 5.32 Å². The SMILES string of the molecule is Cc1ccc(NC(=O)Cc2c(C)nn(-c3ccc(Cl)cc3)c2C)nc1. The molecule has 3 rings (SSSR count). The number of aryl methyl sites for hydroxylation is 2. The third kappa shape index (κ3) is 3.88. The largest absolute Gasteiger partial charge is 0.310 e. The molecule has 0 radical (unpaired) electrons. The second kappa shape index (κ2) is 7.07. The fourth-order valence-corrected chi connectivity index (χ4v) is 2.78. The van der Waals surface area contributed by atoms with Crippen molar-refractivity contribution in [2.24, 2.45) is 0 Å². The van der Waals surface area contributed by atoms with Gasteiger partial charge in [-0.05, 0) is 56.7 Å². The number of rotatable bonds is 4. The van der Waals surface area contributed by atoms with Crippen molar-refractivity contribution in [2.45, 2.75) is 27.2 Å². The van der Waals surface area contributed by atoms with Gasteiger partial charge in [-0.25, -0.2) is 9.67 Å². The molecular weight excluding hydrogens is 336 g/mol. The molecule has 128 valence electrons. The van der Waals surface area contributed by atoms with Gasteiger partial charge >= 0.3 is 0 Å². The Morgan fingerprint density at radius 1 is 1.12 bits per heavy atom. The number of aromatic nitrogens is 3. The maximum Gasteiger partial charge on any atom is 0.230 e. The van der Waals surface area contributed by atoms with Crippen molar-refractivity contribution in [3.05, 3.63) is 70.1 Å². The summed E-state index contributed by atoms with van der Waals surface area (Å²) in [4.78, 5) is 16.6. The van der Waals surface area contributed by atoms with Crippen LogP contribution in [-0.2, 0) is 11.2 Å². The molecule has 1 amide bonds. The summed E-state index contributed by atoms with van der Waals surface area (Å²) in [5.74, 6) is 0.439. The molecule has 0 aliphatic carbocycles. The van der Waals surface area contributed by atoms with E-state index in [1.807, 2.05) is 55.8 Å². The first-order valence-corrected chi connectivity index (χ1v) is 8.35. The molecule has 0 saturated heterocycles. The normalized spacial score (nSPS) is 10.7. The number of benzene rings is 1. The molecule has 0 aliphatic heterocycles. The highest BCUT2D eigenvalue weighted by Gasteiger charge is 2.16. The molecule has 0 atom stereocenters. The lowest BCUT2D eigenvalue weighted by atomic mass is 10.1. The van der Waals surface area contributed by atoms with Crippen molar-refractivity contribution >= 4 is 23.3 Å². The summed E-state index contributed by atoms with van der Waals surface area (Å²) in [6, 6.07) is 11.2. The van der Waals surface area contributed by atoms with Gasteiger partial charge in [-0.1, -0.05) is 17.7 Å². The Hall–Kier alpha value is -2.66. The van der Waals surface area contributed by atoms with Gasteiger partial charge in [-0.2, -0.15) is 5.10 Å². The van der Waals surface area contributed by atoms with Crippen molar-refractivity contribution in [3.63, 3.8) is 0 Å². The van der Waals surface area contributed by atoms with Gasteiger partial charge in [-0.3, -0.25) is 4.79 Å². The van der Waals surface area contributed by atoms with Gasteiger partial charge in [0, 0.05) is 22.5 Å². The Kier molecular flexibility index (Phi) is 4.86. The summed E-state index contributed by atoms with van der Waals surface area (Å²) in [6.45, 7) is 5.82. The number of nitrogens with one attached hydrogen (secondary N) is 1. The van der Waals surface area contributed by atoms with E-state index in [1.165, 1.54) is 0 Å². The summed E-state index contributed by atoms with van der Waals surface area (Å²) < 4.78 is 1.83. The maximum atomic E-state index is 12.4. The molecule has 1 aromatic carbocycles. The number of anilines is 1. The summed E-state index contributed by atoms with van der Waals surface area (Å²) in [6.07, 6.45) is 1.98. The molecule has 0 saturated carbocycles. The fraction of sp³-hybridized carbons (Fsp3) is 0.211. The predicted octanol–water partition coefficient (Wildman–Crippen LogP) is 4.03. The van der Waals surface area contributed by atoms with E-state index in [4.69, 9.17) is 11.6 Å². The van der Waals surface area contributed by atoms with Crippen LogP contribution in [-0.4, -0.2) is 20.7 Å². The molecule has 0 fully saturated rings. The van der Waals surface area contributed by atoms with Crippen LogP contribution in [0.1, 0.15) is 22.5 Å². The van der Waals surface area contributed by atoms with E-state index in [1.54, 1.807) is 12.3 Å². The van der Waals surface area contributed by atoms with Crippen LogP contribution in [0, 0.1) is 20.8 Å². The lowest BCUT2D eigenvalue weighted by Gasteiger charge is -2.07. The van der Waals surface area contributed by atoms with Crippen LogP contribution in [0.15, 0.2) is 42.6 Å². The fourth-order valence-electron chi connectivity index (χ4n) is 2.65. The number of nitrogens with zero attached hydrogens (tertiary/aromatic N) is 3. The standard InChI is InChI=1S/C19H19ClN4O/c1-12-4-9-18(21-11-12)22-19(25)10-17-13(2)23-24(14(17)3)16-7-5-15(20)6-8-16/h4-9,11H,10H2,1-3H3,(H,21,22,25). The predicted molar refractivity (Wildman–Crippen MR) is 99.4 cm³/mol. The first-order chi connectivity index (χ1) is 11.9. The van der Waals surface area contributed by atoms with Gasteiger partial charge in [0.1, 0.15) is 5.82 Å². The number of carbonyl (C=O) groups excluding carboxylic acids is 1. The molecule has 0 unspecified atom stereocenters. The molecule has 0 aliphatic rings. The topological polar surface area (TPSA) is 59.8 Å². The Morgan fingerprint density at radius 2 is 1.84 bits per heavy atom. The number of carbonyl (C=O) groups is 1. The average molecular weight is 355 g/mol. The van der Waals surface area contributed by atoms with Crippen molar-refractivity contribution in [2.75, 3.05) is 5.32 Å².